The highest BCUT2D eigenvalue weighted by atomic mass is 35.5. The molecular formula is C11H14ClN3O2. The summed E-state index contributed by atoms with van der Waals surface area (Å²) < 4.78 is 0. The Kier molecular flexibility index (Phi) is 5.42. The van der Waals surface area contributed by atoms with Gasteiger partial charge in [0.05, 0.1) is 0 Å². The lowest BCUT2D eigenvalue weighted by molar-refractivity contribution is -0.120. The van der Waals surface area contributed by atoms with Crippen LogP contribution in [0.4, 0.5) is 0 Å². The van der Waals surface area contributed by atoms with Gasteiger partial charge in [-0.25, -0.2) is 4.98 Å². The molecule has 0 aromatic carbocycles. The minimum absolute atomic E-state index is 0.0909. The van der Waals surface area contributed by atoms with Crippen LogP contribution in [-0.2, 0) is 4.79 Å². The van der Waals surface area contributed by atoms with Crippen LogP contribution in [0, 0.1) is 0 Å². The van der Waals surface area contributed by atoms with Crippen LogP contribution in [-0.4, -0.2) is 29.9 Å². The zero-order valence-corrected chi connectivity index (χ0v) is 10.3. The molecule has 1 rings (SSSR count). The van der Waals surface area contributed by atoms with Gasteiger partial charge in [0, 0.05) is 19.5 Å². The molecule has 6 heteroatoms. The molecule has 2 N–H and O–H groups in total. The van der Waals surface area contributed by atoms with E-state index in [1.165, 1.54) is 0 Å². The summed E-state index contributed by atoms with van der Waals surface area (Å²) in [7, 11) is 0. The molecule has 0 atom stereocenters. The van der Waals surface area contributed by atoms with Gasteiger partial charge in [-0.05, 0) is 19.1 Å². The molecule has 0 unspecified atom stereocenters. The van der Waals surface area contributed by atoms with E-state index < -0.39 is 0 Å². The van der Waals surface area contributed by atoms with Crippen molar-refractivity contribution in [3.63, 3.8) is 0 Å². The van der Waals surface area contributed by atoms with Crippen molar-refractivity contribution in [2.75, 3.05) is 13.1 Å². The Bertz CT molecular complexity index is 409. The second kappa shape index (κ2) is 6.85. The third-order valence-electron chi connectivity index (χ3n) is 1.96. The maximum Gasteiger partial charge on any atom is 0.269 e. The van der Waals surface area contributed by atoms with E-state index in [2.05, 4.69) is 15.6 Å². The maximum atomic E-state index is 11.6. The van der Waals surface area contributed by atoms with Crippen LogP contribution in [0.2, 0.25) is 5.15 Å². The summed E-state index contributed by atoms with van der Waals surface area (Å²) in [4.78, 5) is 26.5. The number of rotatable bonds is 5. The van der Waals surface area contributed by atoms with Crippen LogP contribution in [0.5, 0.6) is 0 Å². The van der Waals surface area contributed by atoms with E-state index in [1.54, 1.807) is 18.2 Å². The SMILES string of the molecule is CCNC(=O)CCNC(=O)c1cccc(Cl)n1. The Morgan fingerprint density at radius 1 is 1.35 bits per heavy atom. The highest BCUT2D eigenvalue weighted by Gasteiger charge is 2.07. The van der Waals surface area contributed by atoms with Crippen molar-refractivity contribution in [1.29, 1.82) is 0 Å². The summed E-state index contributed by atoms with van der Waals surface area (Å²) in [6.07, 6.45) is 0.250. The fraction of sp³-hybridized carbons (Fsp3) is 0.364. The lowest BCUT2D eigenvalue weighted by atomic mass is 10.3. The van der Waals surface area contributed by atoms with Gasteiger partial charge in [0.2, 0.25) is 5.91 Å². The van der Waals surface area contributed by atoms with Gasteiger partial charge < -0.3 is 10.6 Å². The molecule has 0 bridgehead atoms. The van der Waals surface area contributed by atoms with Gasteiger partial charge in [-0.15, -0.1) is 0 Å². The number of carbonyl (C=O) groups excluding carboxylic acids is 2. The fourth-order valence-electron chi connectivity index (χ4n) is 1.20. The number of carbonyl (C=O) groups is 2. The van der Waals surface area contributed by atoms with Gasteiger partial charge >= 0.3 is 0 Å². The molecule has 0 fully saturated rings. The molecule has 0 aliphatic carbocycles. The van der Waals surface area contributed by atoms with E-state index in [4.69, 9.17) is 11.6 Å². The second-order valence-electron chi connectivity index (χ2n) is 3.30. The Morgan fingerprint density at radius 2 is 2.12 bits per heavy atom. The number of pyridine rings is 1. The standard InChI is InChI=1S/C11H14ClN3O2/c1-2-13-10(16)6-7-14-11(17)8-4-3-5-9(12)15-8/h3-5H,2,6-7H2,1H3,(H,13,16)(H,14,17). The van der Waals surface area contributed by atoms with Crippen LogP contribution < -0.4 is 10.6 Å². The summed E-state index contributed by atoms with van der Waals surface area (Å²) >= 11 is 5.66. The number of nitrogens with one attached hydrogen (secondary N) is 2. The third-order valence-corrected chi connectivity index (χ3v) is 2.17. The molecule has 2 amide bonds. The fourth-order valence-corrected chi connectivity index (χ4v) is 1.36. The first-order chi connectivity index (χ1) is 8.13. The predicted molar refractivity (Wildman–Crippen MR) is 64.9 cm³/mol. The highest BCUT2D eigenvalue weighted by molar-refractivity contribution is 6.29. The predicted octanol–water partition coefficient (Wildman–Crippen LogP) is 0.991. The minimum Gasteiger partial charge on any atom is -0.356 e. The van der Waals surface area contributed by atoms with Crippen molar-refractivity contribution >= 4 is 23.4 Å². The number of halogens is 1. The molecule has 0 saturated carbocycles. The van der Waals surface area contributed by atoms with E-state index in [9.17, 15) is 9.59 Å². The Morgan fingerprint density at radius 3 is 2.76 bits per heavy atom. The average molecular weight is 256 g/mol. The number of nitrogens with zero attached hydrogens (tertiary/aromatic N) is 1. The van der Waals surface area contributed by atoms with Gasteiger partial charge in [-0.3, -0.25) is 9.59 Å². The molecule has 0 aliphatic rings. The Hall–Kier alpha value is -1.62. The quantitative estimate of drug-likeness (QED) is 0.771. The molecule has 1 heterocycles. The zero-order valence-electron chi connectivity index (χ0n) is 9.50. The van der Waals surface area contributed by atoms with Crippen LogP contribution in [0.3, 0.4) is 0 Å². The summed E-state index contributed by atoms with van der Waals surface area (Å²) in [6, 6.07) is 4.80. The molecular weight excluding hydrogens is 242 g/mol. The molecule has 0 spiro atoms. The van der Waals surface area contributed by atoms with E-state index >= 15 is 0 Å². The van der Waals surface area contributed by atoms with E-state index in [1.807, 2.05) is 6.92 Å². The molecule has 1 aromatic rings. The smallest absolute Gasteiger partial charge is 0.269 e. The van der Waals surface area contributed by atoms with Gasteiger partial charge in [-0.1, -0.05) is 17.7 Å². The summed E-state index contributed by atoms with van der Waals surface area (Å²) in [6.45, 7) is 2.70. The zero-order chi connectivity index (χ0) is 12.7. The number of hydrogen-bond donors (Lipinski definition) is 2. The second-order valence-corrected chi connectivity index (χ2v) is 3.69. The van der Waals surface area contributed by atoms with Crippen LogP contribution in [0.25, 0.3) is 0 Å². The third kappa shape index (κ3) is 4.82. The van der Waals surface area contributed by atoms with Crippen molar-refractivity contribution in [3.8, 4) is 0 Å². The molecule has 92 valence electrons. The van der Waals surface area contributed by atoms with Crippen molar-refractivity contribution in [3.05, 3.63) is 29.0 Å². The molecule has 17 heavy (non-hydrogen) atoms. The average Bonchev–Trinajstić information content (AvgIpc) is 2.29. The van der Waals surface area contributed by atoms with Crippen LogP contribution in [0.1, 0.15) is 23.8 Å². The first-order valence-electron chi connectivity index (χ1n) is 5.31. The molecule has 0 radical (unpaired) electrons. The molecule has 5 nitrogen and oxygen atoms in total. The Balaban J connectivity index is 2.38. The lowest BCUT2D eigenvalue weighted by Crippen LogP contribution is -2.30. The van der Waals surface area contributed by atoms with Crippen molar-refractivity contribution in [2.24, 2.45) is 0 Å². The Labute approximate surface area is 105 Å². The number of amides is 2. The molecule has 0 saturated heterocycles. The summed E-state index contributed by atoms with van der Waals surface area (Å²) in [5.74, 6) is -0.427. The maximum absolute atomic E-state index is 11.6. The highest BCUT2D eigenvalue weighted by Crippen LogP contribution is 2.04. The minimum atomic E-state index is -0.336. The topological polar surface area (TPSA) is 71.1 Å². The van der Waals surface area contributed by atoms with Crippen LogP contribution >= 0.6 is 11.6 Å². The van der Waals surface area contributed by atoms with Crippen molar-refractivity contribution in [2.45, 2.75) is 13.3 Å². The largest absolute Gasteiger partial charge is 0.356 e. The monoisotopic (exact) mass is 255 g/mol. The van der Waals surface area contributed by atoms with Gasteiger partial charge in [0.15, 0.2) is 0 Å². The lowest BCUT2D eigenvalue weighted by Gasteiger charge is -2.04. The molecule has 0 aliphatic heterocycles. The molecule has 1 aromatic heterocycles. The van der Waals surface area contributed by atoms with E-state index in [0.717, 1.165) is 0 Å². The van der Waals surface area contributed by atoms with Crippen LogP contribution in [0.15, 0.2) is 18.2 Å². The van der Waals surface area contributed by atoms with Gasteiger partial charge in [-0.2, -0.15) is 0 Å². The first-order valence-corrected chi connectivity index (χ1v) is 5.68. The van der Waals surface area contributed by atoms with Crippen molar-refractivity contribution < 1.29 is 9.59 Å². The van der Waals surface area contributed by atoms with E-state index in [-0.39, 0.29) is 35.6 Å². The number of aromatic nitrogens is 1. The van der Waals surface area contributed by atoms with Gasteiger partial charge in [0.1, 0.15) is 10.8 Å². The van der Waals surface area contributed by atoms with Crippen molar-refractivity contribution in [1.82, 2.24) is 15.6 Å². The normalized spacial score (nSPS) is 9.76. The summed E-state index contributed by atoms with van der Waals surface area (Å²) in [5.41, 5.74) is 0.244. The summed E-state index contributed by atoms with van der Waals surface area (Å²) in [5, 5.41) is 5.50. The number of hydrogen-bond acceptors (Lipinski definition) is 3. The first kappa shape index (κ1) is 13.4. The van der Waals surface area contributed by atoms with Gasteiger partial charge in [0.25, 0.3) is 5.91 Å². The van der Waals surface area contributed by atoms with E-state index in [0.29, 0.717) is 6.54 Å².